The summed E-state index contributed by atoms with van der Waals surface area (Å²) in [5.41, 5.74) is 2.47. The van der Waals surface area contributed by atoms with Crippen molar-refractivity contribution in [2.45, 2.75) is 33.1 Å². The number of anilines is 2. The maximum atomic E-state index is 12.6. The molecule has 114 valence electrons. The minimum atomic E-state index is -0.0205. The quantitative estimate of drug-likeness (QED) is 0.908. The lowest BCUT2D eigenvalue weighted by atomic mass is 10.0. The smallest absolute Gasteiger partial charge is 0.258 e. The van der Waals surface area contributed by atoms with Crippen molar-refractivity contribution in [3.63, 3.8) is 0 Å². The predicted octanol–water partition coefficient (Wildman–Crippen LogP) is 3.95. The van der Waals surface area contributed by atoms with Gasteiger partial charge in [-0.3, -0.25) is 9.59 Å². The molecule has 0 aliphatic carbocycles. The van der Waals surface area contributed by atoms with E-state index in [0.29, 0.717) is 6.42 Å². The molecule has 1 aliphatic rings. The Morgan fingerprint density at radius 1 is 1.18 bits per heavy atom. The zero-order chi connectivity index (χ0) is 15.7. The van der Waals surface area contributed by atoms with E-state index in [-0.39, 0.29) is 11.8 Å². The van der Waals surface area contributed by atoms with Gasteiger partial charge in [0.05, 0.1) is 5.69 Å². The van der Waals surface area contributed by atoms with E-state index in [4.69, 9.17) is 0 Å². The molecule has 4 heteroatoms. The zero-order valence-corrected chi connectivity index (χ0v) is 13.0. The Balaban J connectivity index is 2.11. The second-order valence-corrected chi connectivity index (χ2v) is 5.57. The molecule has 4 nitrogen and oxygen atoms in total. The summed E-state index contributed by atoms with van der Waals surface area (Å²) >= 11 is 0. The number of benzene rings is 2. The second kappa shape index (κ2) is 5.79. The number of amides is 2. The molecule has 3 rings (SSSR count). The van der Waals surface area contributed by atoms with Crippen LogP contribution in [0.15, 0.2) is 30.3 Å². The normalized spacial score (nSPS) is 13.0. The van der Waals surface area contributed by atoms with Crippen LogP contribution in [0.5, 0.6) is 0 Å². The van der Waals surface area contributed by atoms with E-state index in [1.807, 2.05) is 42.2 Å². The van der Waals surface area contributed by atoms with Crippen LogP contribution in [-0.4, -0.2) is 18.4 Å². The molecular formula is C18H20N2O2. The van der Waals surface area contributed by atoms with Crippen molar-refractivity contribution in [3.8, 4) is 0 Å². The van der Waals surface area contributed by atoms with Crippen molar-refractivity contribution in [1.29, 1.82) is 0 Å². The minimum Gasteiger partial charge on any atom is -0.326 e. The first-order valence-electron chi connectivity index (χ1n) is 7.84. The van der Waals surface area contributed by atoms with E-state index in [1.165, 1.54) is 0 Å². The van der Waals surface area contributed by atoms with Gasteiger partial charge in [-0.1, -0.05) is 32.4 Å². The lowest BCUT2D eigenvalue weighted by Crippen LogP contribution is -2.27. The molecular weight excluding hydrogens is 276 g/mol. The van der Waals surface area contributed by atoms with Crippen molar-refractivity contribution >= 4 is 34.0 Å². The maximum Gasteiger partial charge on any atom is 0.258 e. The van der Waals surface area contributed by atoms with Crippen LogP contribution in [0.3, 0.4) is 0 Å². The molecule has 2 aromatic carbocycles. The molecule has 0 spiro atoms. The summed E-state index contributed by atoms with van der Waals surface area (Å²) in [6, 6.07) is 9.55. The molecule has 2 amide bonds. The third-order valence-electron chi connectivity index (χ3n) is 4.12. The van der Waals surface area contributed by atoms with E-state index >= 15 is 0 Å². The molecule has 0 aromatic heterocycles. The average molecular weight is 296 g/mol. The average Bonchev–Trinajstić information content (AvgIpc) is 2.82. The number of unbranched alkanes of at least 4 members (excludes halogenated alkanes) is 1. The SMILES string of the molecule is CCCCN1C(=O)c2cccc3c(NC(=O)CC)ccc1c23. The number of rotatable bonds is 5. The Kier molecular flexibility index (Phi) is 3.84. The highest BCUT2D eigenvalue weighted by molar-refractivity contribution is 6.27. The summed E-state index contributed by atoms with van der Waals surface area (Å²) in [7, 11) is 0. The van der Waals surface area contributed by atoms with Crippen molar-refractivity contribution in [2.75, 3.05) is 16.8 Å². The molecule has 0 saturated heterocycles. The van der Waals surface area contributed by atoms with E-state index in [9.17, 15) is 9.59 Å². The summed E-state index contributed by atoms with van der Waals surface area (Å²) in [6.45, 7) is 4.68. The minimum absolute atomic E-state index is 0.0205. The number of hydrogen-bond donors (Lipinski definition) is 1. The zero-order valence-electron chi connectivity index (χ0n) is 13.0. The highest BCUT2D eigenvalue weighted by atomic mass is 16.2. The summed E-state index contributed by atoms with van der Waals surface area (Å²) in [5.74, 6) is 0.0425. The number of carbonyl (C=O) groups excluding carboxylic acids is 2. The van der Waals surface area contributed by atoms with Gasteiger partial charge in [-0.05, 0) is 24.6 Å². The van der Waals surface area contributed by atoms with Gasteiger partial charge in [-0.25, -0.2) is 0 Å². The Bertz CT molecular complexity index is 752. The van der Waals surface area contributed by atoms with Gasteiger partial charge in [-0.15, -0.1) is 0 Å². The summed E-state index contributed by atoms with van der Waals surface area (Å²) in [5, 5.41) is 4.81. The van der Waals surface area contributed by atoms with Crippen LogP contribution in [-0.2, 0) is 4.79 Å². The molecule has 2 aromatic rings. The predicted molar refractivity (Wildman–Crippen MR) is 89.5 cm³/mol. The molecule has 0 radical (unpaired) electrons. The van der Waals surface area contributed by atoms with E-state index in [2.05, 4.69) is 12.2 Å². The van der Waals surface area contributed by atoms with Crippen molar-refractivity contribution in [2.24, 2.45) is 0 Å². The summed E-state index contributed by atoms with van der Waals surface area (Å²) in [4.78, 5) is 26.2. The second-order valence-electron chi connectivity index (χ2n) is 5.57. The van der Waals surface area contributed by atoms with Gasteiger partial charge in [0.1, 0.15) is 0 Å². The highest BCUT2D eigenvalue weighted by Crippen LogP contribution is 2.40. The standard InChI is InChI=1S/C18H20N2O2/c1-3-5-11-20-15-10-9-14(19-16(21)4-2)12-7-6-8-13(17(12)15)18(20)22/h6-10H,3-5,11H2,1-2H3,(H,19,21). The van der Waals surface area contributed by atoms with Crippen molar-refractivity contribution in [1.82, 2.24) is 0 Å². The van der Waals surface area contributed by atoms with Gasteiger partial charge in [0.25, 0.3) is 5.91 Å². The number of carbonyl (C=O) groups is 2. The van der Waals surface area contributed by atoms with Crippen LogP contribution in [0.1, 0.15) is 43.5 Å². The fourth-order valence-electron chi connectivity index (χ4n) is 2.93. The highest BCUT2D eigenvalue weighted by Gasteiger charge is 2.29. The first-order chi connectivity index (χ1) is 10.7. The Morgan fingerprint density at radius 3 is 2.73 bits per heavy atom. The number of hydrogen-bond acceptors (Lipinski definition) is 2. The number of nitrogens with zero attached hydrogens (tertiary/aromatic N) is 1. The first-order valence-corrected chi connectivity index (χ1v) is 7.84. The van der Waals surface area contributed by atoms with Crippen LogP contribution >= 0.6 is 0 Å². The lowest BCUT2D eigenvalue weighted by molar-refractivity contribution is -0.115. The van der Waals surface area contributed by atoms with Crippen LogP contribution in [0.25, 0.3) is 10.8 Å². The Labute approximate surface area is 130 Å². The largest absolute Gasteiger partial charge is 0.326 e. The summed E-state index contributed by atoms with van der Waals surface area (Å²) < 4.78 is 0. The lowest BCUT2D eigenvalue weighted by Gasteiger charge is -2.17. The molecule has 1 heterocycles. The van der Waals surface area contributed by atoms with Gasteiger partial charge in [0, 0.05) is 35.0 Å². The van der Waals surface area contributed by atoms with E-state index < -0.39 is 0 Å². The van der Waals surface area contributed by atoms with Crippen LogP contribution in [0, 0.1) is 0 Å². The third kappa shape index (κ3) is 2.25. The molecule has 1 aliphatic heterocycles. The molecule has 0 unspecified atom stereocenters. The van der Waals surface area contributed by atoms with Crippen LogP contribution < -0.4 is 10.2 Å². The molecule has 22 heavy (non-hydrogen) atoms. The monoisotopic (exact) mass is 296 g/mol. The maximum absolute atomic E-state index is 12.6. The van der Waals surface area contributed by atoms with Crippen molar-refractivity contribution < 1.29 is 9.59 Å². The van der Waals surface area contributed by atoms with Crippen LogP contribution in [0.4, 0.5) is 11.4 Å². The summed E-state index contributed by atoms with van der Waals surface area (Å²) in [6.07, 6.45) is 2.47. The molecule has 1 N–H and O–H groups in total. The van der Waals surface area contributed by atoms with E-state index in [1.54, 1.807) is 0 Å². The molecule has 0 saturated carbocycles. The first kappa shape index (κ1) is 14.6. The van der Waals surface area contributed by atoms with Gasteiger partial charge >= 0.3 is 0 Å². The van der Waals surface area contributed by atoms with E-state index in [0.717, 1.165) is 47.1 Å². The Morgan fingerprint density at radius 2 is 2.00 bits per heavy atom. The fraction of sp³-hybridized carbons (Fsp3) is 0.333. The Hall–Kier alpha value is -2.36. The molecule has 0 bridgehead atoms. The van der Waals surface area contributed by atoms with Gasteiger partial charge in [0.2, 0.25) is 5.91 Å². The van der Waals surface area contributed by atoms with Gasteiger partial charge < -0.3 is 10.2 Å². The number of nitrogens with one attached hydrogen (secondary N) is 1. The van der Waals surface area contributed by atoms with Gasteiger partial charge in [0.15, 0.2) is 0 Å². The topological polar surface area (TPSA) is 49.4 Å². The third-order valence-corrected chi connectivity index (χ3v) is 4.12. The van der Waals surface area contributed by atoms with Crippen molar-refractivity contribution in [3.05, 3.63) is 35.9 Å². The van der Waals surface area contributed by atoms with Crippen LogP contribution in [0.2, 0.25) is 0 Å². The fourth-order valence-corrected chi connectivity index (χ4v) is 2.93. The molecule has 0 fully saturated rings. The van der Waals surface area contributed by atoms with Gasteiger partial charge in [-0.2, -0.15) is 0 Å². The molecule has 0 atom stereocenters.